The van der Waals surface area contributed by atoms with Crippen LogP contribution in [0.3, 0.4) is 0 Å². The molecule has 4 rings (SSSR count). The van der Waals surface area contributed by atoms with Gasteiger partial charge in [0.1, 0.15) is 5.82 Å². The van der Waals surface area contributed by atoms with Gasteiger partial charge in [-0.05, 0) is 38.1 Å². The highest BCUT2D eigenvalue weighted by atomic mass is 16.6. The number of rotatable bonds is 5. The van der Waals surface area contributed by atoms with Crippen molar-refractivity contribution in [3.05, 3.63) is 59.9 Å². The summed E-state index contributed by atoms with van der Waals surface area (Å²) in [5.41, 5.74) is 3.92. The molecule has 33 heavy (non-hydrogen) atoms. The summed E-state index contributed by atoms with van der Waals surface area (Å²) >= 11 is 0. The number of carbonyl (C=O) groups is 3. The van der Waals surface area contributed by atoms with Gasteiger partial charge in [-0.1, -0.05) is 18.2 Å². The summed E-state index contributed by atoms with van der Waals surface area (Å²) in [7, 11) is 0. The van der Waals surface area contributed by atoms with Gasteiger partial charge in [0.2, 0.25) is 5.91 Å². The fraction of sp³-hybridized carbons (Fsp3) is 0.250. The zero-order chi connectivity index (χ0) is 23.5. The van der Waals surface area contributed by atoms with E-state index < -0.39 is 6.09 Å². The number of para-hydroxylation sites is 1. The lowest BCUT2D eigenvalue weighted by Gasteiger charge is -2.26. The number of hydrogen-bond acceptors (Lipinski definition) is 6. The molecule has 0 aliphatic carbocycles. The molecular weight excluding hydrogens is 422 g/mol. The van der Waals surface area contributed by atoms with Gasteiger partial charge in [0.25, 0.3) is 0 Å². The molecule has 170 valence electrons. The highest BCUT2D eigenvalue weighted by Gasteiger charge is 2.33. The number of nitrogens with zero attached hydrogens (tertiary/aromatic N) is 2. The average Bonchev–Trinajstić information content (AvgIpc) is 3.12. The molecule has 0 fully saturated rings. The molecule has 1 aliphatic rings. The first-order valence-corrected chi connectivity index (χ1v) is 10.6. The lowest BCUT2D eigenvalue weighted by Crippen LogP contribution is -2.40. The summed E-state index contributed by atoms with van der Waals surface area (Å²) in [5, 5.41) is 6.03. The van der Waals surface area contributed by atoms with Crippen LogP contribution in [0.4, 0.5) is 22.0 Å². The largest absolute Gasteiger partial charge is 0.447 e. The van der Waals surface area contributed by atoms with Crippen molar-refractivity contribution in [3.63, 3.8) is 0 Å². The minimum Gasteiger partial charge on any atom is -0.447 e. The van der Waals surface area contributed by atoms with Crippen molar-refractivity contribution in [1.29, 1.82) is 0 Å². The third kappa shape index (κ3) is 4.87. The van der Waals surface area contributed by atoms with E-state index in [-0.39, 0.29) is 30.9 Å². The monoisotopic (exact) mass is 447 g/mol. The predicted octanol–water partition coefficient (Wildman–Crippen LogP) is 4.32. The SMILES string of the molecule is CC(=O)Nc1cc(-c2[nH]c3c(c2Nc2ccccc2)C(=O)CN(C(=O)OC(C)C)C3)ccn1. The van der Waals surface area contributed by atoms with Gasteiger partial charge in [0.15, 0.2) is 5.78 Å². The normalized spacial score (nSPS) is 13.0. The van der Waals surface area contributed by atoms with Crippen molar-refractivity contribution >= 4 is 35.0 Å². The number of nitrogens with one attached hydrogen (secondary N) is 3. The molecule has 0 bridgehead atoms. The van der Waals surface area contributed by atoms with Crippen molar-refractivity contribution in [1.82, 2.24) is 14.9 Å². The van der Waals surface area contributed by atoms with E-state index in [9.17, 15) is 14.4 Å². The predicted molar refractivity (Wildman–Crippen MR) is 124 cm³/mol. The first-order chi connectivity index (χ1) is 15.8. The minimum atomic E-state index is -0.533. The van der Waals surface area contributed by atoms with Gasteiger partial charge >= 0.3 is 6.09 Å². The summed E-state index contributed by atoms with van der Waals surface area (Å²) in [5.74, 6) is -0.0386. The first-order valence-electron chi connectivity index (χ1n) is 10.6. The molecular formula is C24H25N5O4. The smallest absolute Gasteiger partial charge is 0.410 e. The van der Waals surface area contributed by atoms with Gasteiger partial charge in [-0.25, -0.2) is 9.78 Å². The van der Waals surface area contributed by atoms with Gasteiger partial charge in [0.05, 0.1) is 36.1 Å². The zero-order valence-electron chi connectivity index (χ0n) is 18.6. The Morgan fingerprint density at radius 2 is 1.91 bits per heavy atom. The van der Waals surface area contributed by atoms with Crippen LogP contribution in [0.15, 0.2) is 48.7 Å². The number of benzene rings is 1. The van der Waals surface area contributed by atoms with Crippen LogP contribution in [0.5, 0.6) is 0 Å². The topological polar surface area (TPSA) is 116 Å². The average molecular weight is 447 g/mol. The maximum atomic E-state index is 13.2. The highest BCUT2D eigenvalue weighted by Crippen LogP contribution is 2.38. The van der Waals surface area contributed by atoms with Gasteiger partial charge in [0, 0.05) is 30.1 Å². The molecule has 3 N–H and O–H groups in total. The molecule has 0 saturated carbocycles. The number of amides is 2. The first kappa shape index (κ1) is 22.1. The number of aromatic nitrogens is 2. The molecule has 0 unspecified atom stereocenters. The van der Waals surface area contributed by atoms with Gasteiger partial charge in [-0.3, -0.25) is 14.5 Å². The van der Waals surface area contributed by atoms with E-state index in [1.54, 1.807) is 32.2 Å². The van der Waals surface area contributed by atoms with Crippen molar-refractivity contribution in [3.8, 4) is 11.3 Å². The number of ether oxygens (including phenoxy) is 1. The van der Waals surface area contributed by atoms with Gasteiger partial charge in [-0.2, -0.15) is 0 Å². The molecule has 3 heterocycles. The van der Waals surface area contributed by atoms with E-state index in [1.807, 2.05) is 30.3 Å². The molecule has 9 nitrogen and oxygen atoms in total. The number of H-pyrrole nitrogens is 1. The Morgan fingerprint density at radius 3 is 2.61 bits per heavy atom. The van der Waals surface area contributed by atoms with Crippen LogP contribution in [0.2, 0.25) is 0 Å². The standard InChI is InChI=1S/C24H25N5O4/c1-14(2)33-24(32)29-12-18-21(19(31)13-29)23(27-17-7-5-4-6-8-17)22(28-18)16-9-10-25-20(11-16)26-15(3)30/h4-11,14,27-28H,12-13H2,1-3H3,(H,25,26,30). The fourth-order valence-electron chi connectivity index (χ4n) is 3.72. The molecule has 1 aromatic carbocycles. The van der Waals surface area contributed by atoms with E-state index in [1.165, 1.54) is 11.8 Å². The quantitative estimate of drug-likeness (QED) is 0.536. The lowest BCUT2D eigenvalue weighted by atomic mass is 10.0. The number of aromatic amines is 1. The highest BCUT2D eigenvalue weighted by molar-refractivity contribution is 6.09. The Morgan fingerprint density at radius 1 is 1.15 bits per heavy atom. The van der Waals surface area contributed by atoms with E-state index in [0.717, 1.165) is 11.3 Å². The Balaban J connectivity index is 1.78. The fourth-order valence-corrected chi connectivity index (χ4v) is 3.72. The second kappa shape index (κ2) is 9.15. The molecule has 0 saturated heterocycles. The summed E-state index contributed by atoms with van der Waals surface area (Å²) in [4.78, 5) is 46.0. The number of ketones is 1. The Labute approximate surface area is 191 Å². The molecule has 9 heteroatoms. The second-order valence-corrected chi connectivity index (χ2v) is 8.04. The summed E-state index contributed by atoms with van der Waals surface area (Å²) in [6.45, 7) is 5.07. The maximum Gasteiger partial charge on any atom is 0.410 e. The maximum absolute atomic E-state index is 13.2. The molecule has 0 atom stereocenters. The number of anilines is 3. The van der Waals surface area contributed by atoms with Crippen molar-refractivity contribution in [2.24, 2.45) is 0 Å². The van der Waals surface area contributed by atoms with E-state index in [4.69, 9.17) is 4.74 Å². The lowest BCUT2D eigenvalue weighted by molar-refractivity contribution is -0.114. The van der Waals surface area contributed by atoms with Crippen LogP contribution >= 0.6 is 0 Å². The summed E-state index contributed by atoms with van der Waals surface area (Å²) in [6, 6.07) is 13.0. The Bertz CT molecular complexity index is 1200. The van der Waals surface area contributed by atoms with Crippen LogP contribution in [0, 0.1) is 0 Å². The molecule has 2 amide bonds. The Kier molecular flexibility index (Phi) is 6.12. The van der Waals surface area contributed by atoms with E-state index >= 15 is 0 Å². The number of Topliss-reactive ketones (excluding diaryl/α,β-unsaturated/α-hetero) is 1. The third-order valence-corrected chi connectivity index (χ3v) is 5.03. The van der Waals surface area contributed by atoms with Crippen LogP contribution < -0.4 is 10.6 Å². The molecule has 2 aromatic heterocycles. The summed E-state index contributed by atoms with van der Waals surface area (Å²) in [6.07, 6.45) is 0.767. The molecule has 3 aromatic rings. The van der Waals surface area contributed by atoms with Crippen LogP contribution in [-0.2, 0) is 16.1 Å². The molecule has 1 aliphatic heterocycles. The second-order valence-electron chi connectivity index (χ2n) is 8.04. The van der Waals surface area contributed by atoms with Crippen molar-refractivity contribution in [2.45, 2.75) is 33.4 Å². The van der Waals surface area contributed by atoms with E-state index in [0.29, 0.717) is 28.5 Å². The van der Waals surface area contributed by atoms with E-state index in [2.05, 4.69) is 20.6 Å². The van der Waals surface area contributed by atoms with Crippen LogP contribution in [-0.4, -0.2) is 45.3 Å². The number of pyridine rings is 1. The number of carbonyl (C=O) groups excluding carboxylic acids is 3. The van der Waals surface area contributed by atoms with Crippen molar-refractivity contribution < 1.29 is 19.1 Å². The van der Waals surface area contributed by atoms with Gasteiger partial charge < -0.3 is 20.4 Å². The number of hydrogen-bond donors (Lipinski definition) is 3. The Hall–Kier alpha value is -4.14. The molecule has 0 radical (unpaired) electrons. The molecule has 0 spiro atoms. The van der Waals surface area contributed by atoms with Crippen LogP contribution in [0.1, 0.15) is 36.8 Å². The van der Waals surface area contributed by atoms with Crippen LogP contribution in [0.25, 0.3) is 11.3 Å². The van der Waals surface area contributed by atoms with Gasteiger partial charge in [-0.15, -0.1) is 0 Å². The zero-order valence-corrected chi connectivity index (χ0v) is 18.6. The minimum absolute atomic E-state index is 0.0766. The summed E-state index contributed by atoms with van der Waals surface area (Å²) < 4.78 is 5.28. The third-order valence-electron chi connectivity index (χ3n) is 5.03. The van der Waals surface area contributed by atoms with Crippen molar-refractivity contribution in [2.75, 3.05) is 17.2 Å². The number of fused-ring (bicyclic) bond motifs is 1.